The first-order valence-electron chi connectivity index (χ1n) is 2.63. The van der Waals surface area contributed by atoms with Crippen LogP contribution in [0.25, 0.3) is 0 Å². The molecule has 0 atom stereocenters. The minimum absolute atomic E-state index is 0. The van der Waals surface area contributed by atoms with Gasteiger partial charge in [-0.3, -0.25) is 0 Å². The minimum Gasteiger partial charge on any atom is -0.396 e. The molecule has 0 aliphatic rings. The molecule has 50 valence electrons. The maximum absolute atomic E-state index is 8.26. The number of hydrogen-bond donors (Lipinski definition) is 1. The lowest BCUT2D eigenvalue weighted by Gasteiger charge is -1.87. The van der Waals surface area contributed by atoms with Gasteiger partial charge >= 0.3 is 0 Å². The molecular weight excluding hydrogens is 100 g/mol. The van der Waals surface area contributed by atoms with Gasteiger partial charge in [0, 0.05) is 6.61 Å². The zero-order valence-corrected chi connectivity index (χ0v) is 4.56. The van der Waals surface area contributed by atoms with Crippen LogP contribution in [-0.2, 0) is 0 Å². The van der Waals surface area contributed by atoms with Gasteiger partial charge in [0.15, 0.2) is 0 Å². The molecule has 1 heteroatoms. The summed E-state index contributed by atoms with van der Waals surface area (Å²) in [5.41, 5.74) is 0. The fourth-order valence-corrected chi connectivity index (χ4v) is 0.400. The average Bonchev–Trinajstić information content (AvgIpc) is 1.69. The predicted octanol–water partition coefficient (Wildman–Crippen LogP) is 1.97. The summed E-state index contributed by atoms with van der Waals surface area (Å²) in [5.74, 6) is 0. The maximum Gasteiger partial charge on any atom is 0.0431 e. The average molecular weight is 116 g/mol. The molecule has 0 fully saturated rings. The van der Waals surface area contributed by atoms with E-state index in [-0.39, 0.29) is 7.43 Å². The molecule has 1 nitrogen and oxygen atoms in total. The van der Waals surface area contributed by atoms with Crippen LogP contribution in [0.2, 0.25) is 0 Å². The van der Waals surface area contributed by atoms with E-state index < -0.39 is 0 Å². The molecule has 0 aromatic carbocycles. The number of aliphatic hydroxyl groups excluding tert-OH is 1. The lowest BCUT2D eigenvalue weighted by Crippen LogP contribution is -1.79. The van der Waals surface area contributed by atoms with E-state index in [1.54, 1.807) is 0 Å². The Morgan fingerprint density at radius 3 is 2.38 bits per heavy atom. The Hall–Kier alpha value is -0.300. The molecule has 0 aromatic rings. The lowest BCUT2D eigenvalue weighted by molar-refractivity contribution is 0.285. The topological polar surface area (TPSA) is 20.2 Å². The molecule has 1 N–H and O–H groups in total. The van der Waals surface area contributed by atoms with Crippen LogP contribution in [0.15, 0.2) is 12.7 Å². The van der Waals surface area contributed by atoms with Crippen LogP contribution >= 0.6 is 0 Å². The van der Waals surface area contributed by atoms with Crippen molar-refractivity contribution in [3.05, 3.63) is 12.7 Å². The quantitative estimate of drug-likeness (QED) is 0.440. The highest BCUT2D eigenvalue weighted by atomic mass is 16.2. The van der Waals surface area contributed by atoms with Crippen LogP contribution in [-0.4, -0.2) is 11.7 Å². The summed E-state index contributed by atoms with van der Waals surface area (Å²) in [4.78, 5) is 0. The highest BCUT2D eigenvalue weighted by Gasteiger charge is 1.78. The predicted molar refractivity (Wildman–Crippen MR) is 37.9 cm³/mol. The second kappa shape index (κ2) is 9.85. The largest absolute Gasteiger partial charge is 0.396 e. The Balaban J connectivity index is 0. The highest BCUT2D eigenvalue weighted by Crippen LogP contribution is 1.92. The number of rotatable bonds is 4. The molecule has 0 radical (unpaired) electrons. The zero-order chi connectivity index (χ0) is 5.54. The summed E-state index contributed by atoms with van der Waals surface area (Å²) in [6.45, 7) is 3.86. The van der Waals surface area contributed by atoms with Crippen molar-refractivity contribution in [3.8, 4) is 0 Å². The molecule has 0 saturated heterocycles. The molecule has 0 aliphatic heterocycles. The van der Waals surface area contributed by atoms with E-state index in [4.69, 9.17) is 5.11 Å². The van der Waals surface area contributed by atoms with Crippen LogP contribution in [0.3, 0.4) is 0 Å². The van der Waals surface area contributed by atoms with E-state index >= 15 is 0 Å². The van der Waals surface area contributed by atoms with Crippen LogP contribution in [0.4, 0.5) is 0 Å². The van der Waals surface area contributed by atoms with Crippen LogP contribution < -0.4 is 0 Å². The number of allylic oxidation sites excluding steroid dienone is 1. The Labute approximate surface area is 52.0 Å². The second-order valence-electron chi connectivity index (χ2n) is 1.51. The van der Waals surface area contributed by atoms with Crippen molar-refractivity contribution in [1.29, 1.82) is 0 Å². The van der Waals surface area contributed by atoms with Crippen molar-refractivity contribution in [2.75, 3.05) is 6.61 Å². The molecule has 0 saturated carbocycles. The van der Waals surface area contributed by atoms with E-state index in [2.05, 4.69) is 6.58 Å². The molecule has 0 heterocycles. The van der Waals surface area contributed by atoms with Gasteiger partial charge in [0.05, 0.1) is 0 Å². The molecule has 0 amide bonds. The van der Waals surface area contributed by atoms with Gasteiger partial charge < -0.3 is 5.11 Å². The third-order valence-electron chi connectivity index (χ3n) is 0.816. The fourth-order valence-electron chi connectivity index (χ4n) is 0.400. The summed E-state index contributed by atoms with van der Waals surface area (Å²) in [5, 5.41) is 8.26. The lowest BCUT2D eigenvalue weighted by atomic mass is 10.2. The molecule has 0 aliphatic carbocycles. The number of aliphatic hydroxyl groups is 1. The Morgan fingerprint density at radius 1 is 1.38 bits per heavy atom. The first-order valence-corrected chi connectivity index (χ1v) is 2.63. The van der Waals surface area contributed by atoms with Gasteiger partial charge in [-0.15, -0.1) is 6.58 Å². The minimum atomic E-state index is 0. The Kier molecular flexibility index (Phi) is 13.1. The summed E-state index contributed by atoms with van der Waals surface area (Å²) < 4.78 is 0. The smallest absolute Gasteiger partial charge is 0.0431 e. The van der Waals surface area contributed by atoms with Crippen molar-refractivity contribution in [3.63, 3.8) is 0 Å². The molecule has 0 rings (SSSR count). The molecule has 0 aromatic heterocycles. The van der Waals surface area contributed by atoms with Crippen molar-refractivity contribution < 1.29 is 5.11 Å². The third-order valence-corrected chi connectivity index (χ3v) is 0.816. The van der Waals surface area contributed by atoms with Gasteiger partial charge in [-0.2, -0.15) is 0 Å². The van der Waals surface area contributed by atoms with Gasteiger partial charge in [-0.1, -0.05) is 13.5 Å². The van der Waals surface area contributed by atoms with Gasteiger partial charge in [-0.05, 0) is 19.3 Å². The Morgan fingerprint density at radius 2 is 2.00 bits per heavy atom. The van der Waals surface area contributed by atoms with Gasteiger partial charge in [0.25, 0.3) is 0 Å². The number of unbranched alkanes of at least 4 members (excludes halogenated alkanes) is 2. The van der Waals surface area contributed by atoms with Crippen molar-refractivity contribution in [1.82, 2.24) is 0 Å². The molecule has 0 bridgehead atoms. The molecular formula is C7H16O. The molecule has 0 spiro atoms. The Bertz CT molecular complexity index is 41.7. The number of hydrogen-bond acceptors (Lipinski definition) is 1. The van der Waals surface area contributed by atoms with E-state index in [0.29, 0.717) is 6.61 Å². The third kappa shape index (κ3) is 9.20. The van der Waals surface area contributed by atoms with Gasteiger partial charge in [0.1, 0.15) is 0 Å². The first-order chi connectivity index (χ1) is 3.41. The van der Waals surface area contributed by atoms with Crippen LogP contribution in [0, 0.1) is 0 Å². The fraction of sp³-hybridized carbons (Fsp3) is 0.714. The normalized spacial score (nSPS) is 7.62. The summed E-state index contributed by atoms with van der Waals surface area (Å²) >= 11 is 0. The first kappa shape index (κ1) is 10.6. The standard InChI is InChI=1S/C6H12O.CH4/c1-2-3-4-5-6-7;/h2,7H,1,3-6H2;1H4. The maximum atomic E-state index is 8.26. The van der Waals surface area contributed by atoms with E-state index in [1.807, 2.05) is 6.08 Å². The van der Waals surface area contributed by atoms with E-state index in [1.165, 1.54) is 0 Å². The molecule has 0 unspecified atom stereocenters. The van der Waals surface area contributed by atoms with Gasteiger partial charge in [0.2, 0.25) is 0 Å². The SMILES string of the molecule is C.C=CCCCCO. The summed E-state index contributed by atoms with van der Waals surface area (Å²) in [6.07, 6.45) is 4.88. The zero-order valence-electron chi connectivity index (χ0n) is 4.56. The van der Waals surface area contributed by atoms with Crippen molar-refractivity contribution in [2.45, 2.75) is 26.7 Å². The van der Waals surface area contributed by atoms with Crippen LogP contribution in [0.1, 0.15) is 26.7 Å². The highest BCUT2D eigenvalue weighted by molar-refractivity contribution is 4.64. The second-order valence-corrected chi connectivity index (χ2v) is 1.51. The summed E-state index contributed by atoms with van der Waals surface area (Å²) in [6, 6.07) is 0. The van der Waals surface area contributed by atoms with Gasteiger partial charge in [-0.25, -0.2) is 0 Å². The monoisotopic (exact) mass is 116 g/mol. The van der Waals surface area contributed by atoms with Crippen molar-refractivity contribution in [2.24, 2.45) is 0 Å². The van der Waals surface area contributed by atoms with Crippen LogP contribution in [0.5, 0.6) is 0 Å². The molecule has 8 heavy (non-hydrogen) atoms. The van der Waals surface area contributed by atoms with Crippen molar-refractivity contribution >= 4 is 0 Å². The summed E-state index contributed by atoms with van der Waals surface area (Å²) in [7, 11) is 0. The van der Waals surface area contributed by atoms with E-state index in [9.17, 15) is 0 Å². The van der Waals surface area contributed by atoms with E-state index in [0.717, 1.165) is 19.3 Å².